The van der Waals surface area contributed by atoms with Gasteiger partial charge in [0, 0.05) is 12.1 Å². The van der Waals surface area contributed by atoms with E-state index in [4.69, 9.17) is 0 Å². The zero-order valence-corrected chi connectivity index (χ0v) is 15.3. The first-order chi connectivity index (χ1) is 10.0. The molecule has 1 aliphatic rings. The van der Waals surface area contributed by atoms with Crippen molar-refractivity contribution in [1.29, 1.82) is 0 Å². The van der Waals surface area contributed by atoms with Gasteiger partial charge in [-0.25, -0.2) is 0 Å². The minimum atomic E-state index is 0.790. The van der Waals surface area contributed by atoms with Crippen LogP contribution in [0.1, 0.15) is 79.6 Å². The number of hydrogen-bond donors (Lipinski definition) is 1. The van der Waals surface area contributed by atoms with Gasteiger partial charge in [0.15, 0.2) is 0 Å². The molecule has 1 N–H and O–H groups in total. The lowest BCUT2D eigenvalue weighted by atomic mass is 9.89. The summed E-state index contributed by atoms with van der Waals surface area (Å²) in [4.78, 5) is 2.82. The summed E-state index contributed by atoms with van der Waals surface area (Å²) >= 11 is 0. The quantitative estimate of drug-likeness (QED) is 0.629. The average molecular weight is 297 g/mol. The molecule has 2 heteroatoms. The van der Waals surface area contributed by atoms with Crippen molar-refractivity contribution in [3.05, 3.63) is 0 Å². The molecule has 0 spiro atoms. The molecule has 1 rings (SSSR count). The van der Waals surface area contributed by atoms with Gasteiger partial charge in [0.2, 0.25) is 0 Å². The van der Waals surface area contributed by atoms with Crippen LogP contribution in [0.3, 0.4) is 0 Å². The van der Waals surface area contributed by atoms with Gasteiger partial charge < -0.3 is 10.2 Å². The van der Waals surface area contributed by atoms with Crippen LogP contribution in [0.2, 0.25) is 0 Å². The third kappa shape index (κ3) is 8.21. The summed E-state index contributed by atoms with van der Waals surface area (Å²) in [6.07, 6.45) is 9.53. The number of nitrogens with zero attached hydrogens (tertiary/aromatic N) is 1. The Labute approximate surface area is 134 Å². The summed E-state index contributed by atoms with van der Waals surface area (Å²) < 4.78 is 0. The Bertz CT molecular complexity index is 230. The van der Waals surface area contributed by atoms with Crippen LogP contribution >= 0.6 is 0 Å². The molecular formula is C19H40N2. The van der Waals surface area contributed by atoms with Crippen LogP contribution in [-0.2, 0) is 0 Å². The minimum absolute atomic E-state index is 0.790. The molecule has 0 atom stereocenters. The molecule has 0 aromatic heterocycles. The molecule has 1 fully saturated rings. The van der Waals surface area contributed by atoms with Crippen molar-refractivity contribution in [2.24, 2.45) is 11.8 Å². The van der Waals surface area contributed by atoms with Crippen molar-refractivity contribution >= 4 is 0 Å². The highest BCUT2D eigenvalue weighted by molar-refractivity contribution is 4.83. The lowest BCUT2D eigenvalue weighted by Gasteiger charge is -2.38. The van der Waals surface area contributed by atoms with Crippen LogP contribution in [0.25, 0.3) is 0 Å². The van der Waals surface area contributed by atoms with Gasteiger partial charge in [-0.2, -0.15) is 0 Å². The Hall–Kier alpha value is -0.0800. The number of nitrogens with one attached hydrogen (secondary N) is 1. The number of hydrogen-bond acceptors (Lipinski definition) is 2. The summed E-state index contributed by atoms with van der Waals surface area (Å²) in [6, 6.07) is 1.64. The lowest BCUT2D eigenvalue weighted by molar-refractivity contribution is 0.131. The Balaban J connectivity index is 2.39. The van der Waals surface area contributed by atoms with Crippen LogP contribution in [0.4, 0.5) is 0 Å². The third-order valence-electron chi connectivity index (χ3n) is 4.88. The van der Waals surface area contributed by atoms with Crippen LogP contribution in [0.5, 0.6) is 0 Å². The van der Waals surface area contributed by atoms with E-state index in [2.05, 4.69) is 44.8 Å². The lowest BCUT2D eigenvalue weighted by Crippen LogP contribution is -2.43. The van der Waals surface area contributed by atoms with Crippen LogP contribution in [-0.4, -0.2) is 36.6 Å². The summed E-state index contributed by atoms with van der Waals surface area (Å²) in [5.74, 6) is 1.66. The third-order valence-corrected chi connectivity index (χ3v) is 4.88. The van der Waals surface area contributed by atoms with E-state index in [1.54, 1.807) is 0 Å². The highest BCUT2D eigenvalue weighted by Gasteiger charge is 2.25. The van der Waals surface area contributed by atoms with Crippen molar-refractivity contribution in [1.82, 2.24) is 10.2 Å². The van der Waals surface area contributed by atoms with Gasteiger partial charge in [-0.3, -0.25) is 0 Å². The topological polar surface area (TPSA) is 15.3 Å². The first-order valence-corrected chi connectivity index (χ1v) is 9.50. The fourth-order valence-electron chi connectivity index (χ4n) is 3.32. The van der Waals surface area contributed by atoms with Crippen molar-refractivity contribution in [3.63, 3.8) is 0 Å². The molecule has 21 heavy (non-hydrogen) atoms. The van der Waals surface area contributed by atoms with E-state index in [9.17, 15) is 0 Å². The van der Waals surface area contributed by atoms with E-state index in [0.29, 0.717) is 0 Å². The standard InChI is InChI=1S/C19H40N2/c1-6-13-20-18-7-9-19(10-8-18)21(14-11-16(2)3)15-12-17(4)5/h16-20H,6-15H2,1-5H3. The van der Waals surface area contributed by atoms with Crippen molar-refractivity contribution in [2.75, 3.05) is 19.6 Å². The van der Waals surface area contributed by atoms with E-state index in [1.165, 1.54) is 64.6 Å². The summed E-state index contributed by atoms with van der Waals surface area (Å²) in [5, 5.41) is 3.71. The van der Waals surface area contributed by atoms with E-state index >= 15 is 0 Å². The molecule has 2 nitrogen and oxygen atoms in total. The van der Waals surface area contributed by atoms with Gasteiger partial charge in [-0.1, -0.05) is 34.6 Å². The van der Waals surface area contributed by atoms with Crippen LogP contribution in [0.15, 0.2) is 0 Å². The smallest absolute Gasteiger partial charge is 0.00964 e. The molecule has 0 aromatic rings. The molecular weight excluding hydrogens is 256 g/mol. The molecule has 0 aliphatic heterocycles. The normalized spacial score (nSPS) is 23.4. The molecule has 1 saturated carbocycles. The first kappa shape index (κ1) is 19.0. The van der Waals surface area contributed by atoms with Gasteiger partial charge in [0.05, 0.1) is 0 Å². The summed E-state index contributed by atoms with van der Waals surface area (Å²) in [6.45, 7) is 15.5. The fourth-order valence-corrected chi connectivity index (χ4v) is 3.32. The summed E-state index contributed by atoms with van der Waals surface area (Å²) in [5.41, 5.74) is 0. The maximum absolute atomic E-state index is 3.71. The maximum Gasteiger partial charge on any atom is 0.00964 e. The van der Waals surface area contributed by atoms with Crippen molar-refractivity contribution in [3.8, 4) is 0 Å². The molecule has 0 bridgehead atoms. The molecule has 0 saturated heterocycles. The monoisotopic (exact) mass is 296 g/mol. The molecule has 0 heterocycles. The summed E-state index contributed by atoms with van der Waals surface area (Å²) in [7, 11) is 0. The largest absolute Gasteiger partial charge is 0.314 e. The predicted octanol–water partition coefficient (Wildman–Crippen LogP) is 4.69. The second kappa shape index (κ2) is 10.6. The fraction of sp³-hybridized carbons (Fsp3) is 1.00. The molecule has 0 radical (unpaired) electrons. The zero-order chi connectivity index (χ0) is 15.7. The van der Waals surface area contributed by atoms with Gasteiger partial charge >= 0.3 is 0 Å². The van der Waals surface area contributed by atoms with Crippen molar-refractivity contribution in [2.45, 2.75) is 91.6 Å². The Morgan fingerprint density at radius 2 is 1.43 bits per heavy atom. The molecule has 126 valence electrons. The predicted molar refractivity (Wildman–Crippen MR) is 94.8 cm³/mol. The molecule has 0 amide bonds. The van der Waals surface area contributed by atoms with Crippen LogP contribution < -0.4 is 5.32 Å². The Kier molecular flexibility index (Phi) is 9.59. The van der Waals surface area contributed by atoms with Gasteiger partial charge in [-0.15, -0.1) is 0 Å². The molecule has 1 aliphatic carbocycles. The van der Waals surface area contributed by atoms with E-state index < -0.39 is 0 Å². The maximum atomic E-state index is 3.71. The Morgan fingerprint density at radius 3 is 1.86 bits per heavy atom. The van der Waals surface area contributed by atoms with Gasteiger partial charge in [-0.05, 0) is 76.4 Å². The highest BCUT2D eigenvalue weighted by atomic mass is 15.2. The molecule has 0 aromatic carbocycles. The average Bonchev–Trinajstić information content (AvgIpc) is 2.45. The zero-order valence-electron chi connectivity index (χ0n) is 15.3. The van der Waals surface area contributed by atoms with E-state index in [1.807, 2.05) is 0 Å². The van der Waals surface area contributed by atoms with Gasteiger partial charge in [0.1, 0.15) is 0 Å². The van der Waals surface area contributed by atoms with Crippen molar-refractivity contribution < 1.29 is 0 Å². The van der Waals surface area contributed by atoms with E-state index in [-0.39, 0.29) is 0 Å². The van der Waals surface area contributed by atoms with E-state index in [0.717, 1.165) is 23.9 Å². The second-order valence-electron chi connectivity index (χ2n) is 7.86. The van der Waals surface area contributed by atoms with Gasteiger partial charge in [0.25, 0.3) is 0 Å². The number of rotatable bonds is 10. The first-order valence-electron chi connectivity index (χ1n) is 9.50. The SMILES string of the molecule is CCCNC1CCC(N(CCC(C)C)CCC(C)C)CC1. The second-order valence-corrected chi connectivity index (χ2v) is 7.86. The highest BCUT2D eigenvalue weighted by Crippen LogP contribution is 2.24. The molecule has 0 unspecified atom stereocenters. The Morgan fingerprint density at radius 1 is 0.905 bits per heavy atom. The minimum Gasteiger partial charge on any atom is -0.314 e. The van der Waals surface area contributed by atoms with Crippen LogP contribution in [0, 0.1) is 11.8 Å².